The maximum Gasteiger partial charge on any atom is 0.123 e. The number of hydrogen-bond donors (Lipinski definition) is 0. The van der Waals surface area contributed by atoms with Crippen molar-refractivity contribution in [2.45, 2.75) is 60.8 Å². The monoisotopic (exact) mass is 276 g/mol. The Kier molecular flexibility index (Phi) is 6.71. The van der Waals surface area contributed by atoms with Crippen molar-refractivity contribution in [1.82, 2.24) is 0 Å². The predicted molar refractivity (Wildman–Crippen MR) is 87.6 cm³/mol. The normalized spacial score (nSPS) is 37.2. The number of aldehydes is 1. The van der Waals surface area contributed by atoms with E-state index in [1.54, 1.807) is 5.57 Å². The van der Waals surface area contributed by atoms with E-state index in [9.17, 15) is 4.79 Å². The summed E-state index contributed by atoms with van der Waals surface area (Å²) in [5, 5.41) is 0. The second-order valence-electron chi connectivity index (χ2n) is 7.16. The molecule has 2 rings (SSSR count). The average Bonchev–Trinajstić information content (AvgIpc) is 2.34. The summed E-state index contributed by atoms with van der Waals surface area (Å²) in [7, 11) is 0. The Balaban J connectivity index is 0.000000204. The molecule has 0 aromatic carbocycles. The third-order valence-electron chi connectivity index (χ3n) is 5.05. The maximum absolute atomic E-state index is 10.7. The number of carbonyl (C=O) groups is 1. The quantitative estimate of drug-likeness (QED) is 0.461. The van der Waals surface area contributed by atoms with Crippen LogP contribution in [-0.2, 0) is 4.79 Å². The second kappa shape index (κ2) is 7.81. The highest BCUT2D eigenvalue weighted by Gasteiger charge is 2.25. The molecule has 0 radical (unpaired) electrons. The Morgan fingerprint density at radius 1 is 0.950 bits per heavy atom. The van der Waals surface area contributed by atoms with E-state index >= 15 is 0 Å². The van der Waals surface area contributed by atoms with Crippen molar-refractivity contribution in [3.05, 3.63) is 23.3 Å². The topological polar surface area (TPSA) is 17.1 Å². The van der Waals surface area contributed by atoms with E-state index in [-0.39, 0.29) is 5.92 Å². The van der Waals surface area contributed by atoms with Crippen molar-refractivity contribution < 1.29 is 4.79 Å². The van der Waals surface area contributed by atoms with Crippen molar-refractivity contribution in [3.63, 3.8) is 0 Å². The van der Waals surface area contributed by atoms with Crippen molar-refractivity contribution in [2.75, 3.05) is 0 Å². The molecule has 0 aliphatic heterocycles. The SMILES string of the molecule is CC1=CC(C)C(C)CC1.CC1=CC(C)C(C=O)C(C)C1. The van der Waals surface area contributed by atoms with Crippen LogP contribution in [0.3, 0.4) is 0 Å². The van der Waals surface area contributed by atoms with Crippen molar-refractivity contribution in [1.29, 1.82) is 0 Å². The van der Waals surface area contributed by atoms with Gasteiger partial charge in [-0.05, 0) is 56.8 Å². The molecule has 0 saturated heterocycles. The van der Waals surface area contributed by atoms with Gasteiger partial charge in [0.2, 0.25) is 0 Å². The minimum Gasteiger partial charge on any atom is -0.303 e. The summed E-state index contributed by atoms with van der Waals surface area (Å²) in [6, 6.07) is 0. The Labute approximate surface area is 125 Å². The molecule has 0 fully saturated rings. The lowest BCUT2D eigenvalue weighted by Crippen LogP contribution is -2.24. The Bertz CT molecular complexity index is 377. The van der Waals surface area contributed by atoms with Crippen LogP contribution in [0.5, 0.6) is 0 Å². The van der Waals surface area contributed by atoms with Gasteiger partial charge in [-0.1, -0.05) is 51.0 Å². The number of hydrogen-bond acceptors (Lipinski definition) is 1. The number of rotatable bonds is 1. The lowest BCUT2D eigenvalue weighted by molar-refractivity contribution is -0.113. The molecule has 2 aliphatic rings. The largest absolute Gasteiger partial charge is 0.303 e. The van der Waals surface area contributed by atoms with Gasteiger partial charge in [0.05, 0.1) is 0 Å². The molecule has 0 aromatic rings. The van der Waals surface area contributed by atoms with Crippen molar-refractivity contribution in [2.24, 2.45) is 29.6 Å². The summed E-state index contributed by atoms with van der Waals surface area (Å²) >= 11 is 0. The first kappa shape index (κ1) is 17.2. The van der Waals surface area contributed by atoms with Crippen LogP contribution in [0.1, 0.15) is 60.8 Å². The fraction of sp³-hybridized carbons (Fsp3) is 0.737. The number of allylic oxidation sites excluding steroid dienone is 4. The van der Waals surface area contributed by atoms with Crippen LogP contribution in [0.15, 0.2) is 23.3 Å². The van der Waals surface area contributed by atoms with Crippen LogP contribution >= 0.6 is 0 Å². The second-order valence-corrected chi connectivity index (χ2v) is 7.16. The third-order valence-corrected chi connectivity index (χ3v) is 5.05. The molecule has 2 aliphatic carbocycles. The van der Waals surface area contributed by atoms with Gasteiger partial charge in [0, 0.05) is 5.92 Å². The lowest BCUT2D eigenvalue weighted by Gasteiger charge is -2.28. The molecule has 5 unspecified atom stereocenters. The van der Waals surface area contributed by atoms with Gasteiger partial charge in [0.1, 0.15) is 6.29 Å². The first-order valence-corrected chi connectivity index (χ1v) is 8.15. The van der Waals surface area contributed by atoms with Crippen molar-refractivity contribution in [3.8, 4) is 0 Å². The van der Waals surface area contributed by atoms with E-state index in [0.29, 0.717) is 11.8 Å². The first-order valence-electron chi connectivity index (χ1n) is 8.15. The highest BCUT2D eigenvalue weighted by Crippen LogP contribution is 2.31. The van der Waals surface area contributed by atoms with Crippen LogP contribution in [-0.4, -0.2) is 6.29 Å². The first-order chi connectivity index (χ1) is 9.35. The Hall–Kier alpha value is -0.850. The predicted octanol–water partition coefficient (Wildman–Crippen LogP) is 5.42. The third kappa shape index (κ3) is 4.92. The fourth-order valence-electron chi connectivity index (χ4n) is 3.46. The lowest BCUT2D eigenvalue weighted by atomic mass is 9.76. The molecule has 0 aromatic heterocycles. The van der Waals surface area contributed by atoms with E-state index in [2.05, 4.69) is 53.7 Å². The zero-order valence-corrected chi connectivity index (χ0v) is 14.1. The van der Waals surface area contributed by atoms with Gasteiger partial charge >= 0.3 is 0 Å². The number of carbonyl (C=O) groups excluding carboxylic acids is 1. The molecule has 0 spiro atoms. The van der Waals surface area contributed by atoms with Gasteiger partial charge in [0.15, 0.2) is 0 Å². The maximum atomic E-state index is 10.7. The van der Waals surface area contributed by atoms with E-state index < -0.39 is 0 Å². The highest BCUT2D eigenvalue weighted by atomic mass is 16.1. The molecule has 0 heterocycles. The van der Waals surface area contributed by atoms with E-state index in [1.807, 2.05) is 0 Å². The summed E-state index contributed by atoms with van der Waals surface area (Å²) in [5.41, 5.74) is 3.02. The van der Waals surface area contributed by atoms with Gasteiger partial charge in [0.25, 0.3) is 0 Å². The van der Waals surface area contributed by atoms with Crippen molar-refractivity contribution >= 4 is 6.29 Å². The minimum absolute atomic E-state index is 0.249. The van der Waals surface area contributed by atoms with Gasteiger partial charge in [-0.15, -0.1) is 0 Å². The molecule has 0 saturated carbocycles. The van der Waals surface area contributed by atoms with Gasteiger partial charge < -0.3 is 4.79 Å². The van der Waals surface area contributed by atoms with Gasteiger partial charge in [-0.2, -0.15) is 0 Å². The van der Waals surface area contributed by atoms with Gasteiger partial charge in [-0.3, -0.25) is 0 Å². The van der Waals surface area contributed by atoms with Gasteiger partial charge in [-0.25, -0.2) is 0 Å². The summed E-state index contributed by atoms with van der Waals surface area (Å²) < 4.78 is 0. The molecule has 114 valence electrons. The molecule has 0 bridgehead atoms. The molecule has 1 nitrogen and oxygen atoms in total. The molecule has 5 atom stereocenters. The molecule has 0 amide bonds. The van der Waals surface area contributed by atoms with Crippen LogP contribution in [0, 0.1) is 29.6 Å². The van der Waals surface area contributed by atoms with E-state index in [0.717, 1.165) is 24.5 Å². The smallest absolute Gasteiger partial charge is 0.123 e. The zero-order chi connectivity index (χ0) is 15.3. The summed E-state index contributed by atoms with van der Waals surface area (Å²) in [6.45, 7) is 13.3. The summed E-state index contributed by atoms with van der Waals surface area (Å²) in [6.07, 6.45) is 9.55. The Morgan fingerprint density at radius 2 is 1.55 bits per heavy atom. The van der Waals surface area contributed by atoms with E-state index in [4.69, 9.17) is 0 Å². The minimum atomic E-state index is 0.249. The standard InChI is InChI=1S/C10H16O.C9H16/c1-7-4-8(2)10(6-11)9(3)5-7;1-7-4-5-8(2)9(3)6-7/h4,6,8-10H,5H2,1-3H3;6,8-9H,4-5H2,1-3H3. The molecular weight excluding hydrogens is 244 g/mol. The molecule has 20 heavy (non-hydrogen) atoms. The summed E-state index contributed by atoms with van der Waals surface area (Å²) in [5.74, 6) is 2.95. The molecule has 0 N–H and O–H groups in total. The molecule has 1 heteroatoms. The van der Waals surface area contributed by atoms with Crippen LogP contribution in [0.4, 0.5) is 0 Å². The Morgan fingerprint density at radius 3 is 2.00 bits per heavy atom. The van der Waals surface area contributed by atoms with Crippen LogP contribution in [0.25, 0.3) is 0 Å². The highest BCUT2D eigenvalue weighted by molar-refractivity contribution is 5.55. The van der Waals surface area contributed by atoms with Crippen LogP contribution < -0.4 is 0 Å². The van der Waals surface area contributed by atoms with Crippen LogP contribution in [0.2, 0.25) is 0 Å². The summed E-state index contributed by atoms with van der Waals surface area (Å²) in [4.78, 5) is 10.7. The average molecular weight is 276 g/mol. The molecular formula is C19H32O. The van der Waals surface area contributed by atoms with E-state index in [1.165, 1.54) is 18.4 Å². The zero-order valence-electron chi connectivity index (χ0n) is 14.1. The fourth-order valence-corrected chi connectivity index (χ4v) is 3.46.